The van der Waals surface area contributed by atoms with Crippen molar-refractivity contribution < 1.29 is 13.0 Å². The van der Waals surface area contributed by atoms with Crippen molar-refractivity contribution in [2.24, 2.45) is 0 Å². The van der Waals surface area contributed by atoms with Crippen LogP contribution in [0.5, 0.6) is 0 Å². The fourth-order valence-electron chi connectivity index (χ4n) is 1.03. The Balaban J connectivity index is 2.19. The lowest BCUT2D eigenvalue weighted by atomic mass is 10.2. The van der Waals surface area contributed by atoms with E-state index in [2.05, 4.69) is 4.28 Å². The lowest BCUT2D eigenvalue weighted by molar-refractivity contribution is -0.0690. The summed E-state index contributed by atoms with van der Waals surface area (Å²) in [6.45, 7) is 1.46. The van der Waals surface area contributed by atoms with Crippen LogP contribution in [0.4, 0.5) is 0 Å². The molecule has 1 heterocycles. The standard InChI is InChI=1S/C5H10NO3S/c7-10(8)9-6-4-2-1-3-5-6/h1-5H2. The average molecular weight is 164 g/mol. The SMILES string of the molecule is [O]S(=O)ON1CCCCC1. The van der Waals surface area contributed by atoms with Crippen LogP contribution in [-0.4, -0.2) is 22.4 Å². The van der Waals surface area contributed by atoms with E-state index in [9.17, 15) is 8.76 Å². The molecule has 1 unspecified atom stereocenters. The highest BCUT2D eigenvalue weighted by atomic mass is 32.2. The van der Waals surface area contributed by atoms with E-state index in [1.165, 1.54) is 11.5 Å². The Labute approximate surface area is 62.6 Å². The van der Waals surface area contributed by atoms with E-state index >= 15 is 0 Å². The van der Waals surface area contributed by atoms with Gasteiger partial charge in [-0.3, -0.25) is 0 Å². The van der Waals surface area contributed by atoms with Gasteiger partial charge < -0.3 is 0 Å². The van der Waals surface area contributed by atoms with Crippen LogP contribution in [0, 0.1) is 0 Å². The molecule has 0 aliphatic carbocycles. The molecule has 0 bridgehead atoms. The molecule has 1 atom stereocenters. The third-order valence-corrected chi connectivity index (χ3v) is 1.81. The molecule has 1 fully saturated rings. The molecule has 0 N–H and O–H groups in total. The molecule has 1 aliphatic heterocycles. The van der Waals surface area contributed by atoms with Gasteiger partial charge in [0.05, 0.1) is 0 Å². The normalized spacial score (nSPS) is 24.5. The van der Waals surface area contributed by atoms with E-state index in [-0.39, 0.29) is 0 Å². The van der Waals surface area contributed by atoms with Crippen LogP contribution >= 0.6 is 0 Å². The van der Waals surface area contributed by atoms with E-state index < -0.39 is 11.4 Å². The smallest absolute Gasteiger partial charge is 0.193 e. The lowest BCUT2D eigenvalue weighted by Gasteiger charge is -2.22. The zero-order valence-corrected chi connectivity index (χ0v) is 6.43. The second-order valence-electron chi connectivity index (χ2n) is 2.27. The largest absolute Gasteiger partial charge is 0.352 e. The van der Waals surface area contributed by atoms with E-state index in [0.717, 1.165) is 25.9 Å². The first-order valence-electron chi connectivity index (χ1n) is 3.32. The zero-order valence-electron chi connectivity index (χ0n) is 5.62. The molecule has 1 saturated heterocycles. The maximum Gasteiger partial charge on any atom is 0.352 e. The maximum atomic E-state index is 10.0. The zero-order chi connectivity index (χ0) is 7.40. The molecule has 0 aromatic heterocycles. The number of hydrogen-bond acceptors (Lipinski definition) is 3. The summed E-state index contributed by atoms with van der Waals surface area (Å²) >= 11 is -2.39. The quantitative estimate of drug-likeness (QED) is 0.594. The van der Waals surface area contributed by atoms with Gasteiger partial charge >= 0.3 is 11.4 Å². The summed E-state index contributed by atoms with van der Waals surface area (Å²) in [7, 11) is 0. The number of hydroxylamine groups is 2. The Kier molecular flexibility index (Phi) is 3.27. The fraction of sp³-hybridized carbons (Fsp3) is 1.00. The van der Waals surface area contributed by atoms with E-state index in [1.54, 1.807) is 0 Å². The van der Waals surface area contributed by atoms with Crippen molar-refractivity contribution in [3.8, 4) is 0 Å². The van der Waals surface area contributed by atoms with Crippen LogP contribution in [0.25, 0.3) is 0 Å². The molecule has 1 radical (unpaired) electrons. The van der Waals surface area contributed by atoms with Gasteiger partial charge in [-0.15, -0.1) is 0 Å². The summed E-state index contributed by atoms with van der Waals surface area (Å²) < 4.78 is 24.4. The molecule has 0 saturated carbocycles. The molecule has 1 aliphatic rings. The van der Waals surface area contributed by atoms with Crippen LogP contribution < -0.4 is 0 Å². The van der Waals surface area contributed by atoms with Gasteiger partial charge in [-0.25, -0.2) is 0 Å². The first-order chi connectivity index (χ1) is 4.79. The van der Waals surface area contributed by atoms with Crippen LogP contribution in [0.2, 0.25) is 0 Å². The first-order valence-corrected chi connectivity index (χ1v) is 4.32. The summed E-state index contributed by atoms with van der Waals surface area (Å²) in [4.78, 5) is 0. The number of piperidine rings is 1. The van der Waals surface area contributed by atoms with Crippen molar-refractivity contribution in [3.63, 3.8) is 0 Å². The minimum absolute atomic E-state index is 0.730. The number of hydrogen-bond donors (Lipinski definition) is 0. The highest BCUT2D eigenvalue weighted by Gasteiger charge is 2.12. The van der Waals surface area contributed by atoms with Gasteiger partial charge in [0.1, 0.15) is 0 Å². The fourth-order valence-corrected chi connectivity index (χ4v) is 1.35. The summed E-state index contributed by atoms with van der Waals surface area (Å²) in [5.74, 6) is 0. The van der Waals surface area contributed by atoms with Gasteiger partial charge in [0.25, 0.3) is 0 Å². The van der Waals surface area contributed by atoms with Gasteiger partial charge in [0.2, 0.25) is 0 Å². The molecule has 0 amide bonds. The Morgan fingerprint density at radius 2 is 1.80 bits per heavy atom. The molecule has 59 valence electrons. The summed E-state index contributed by atoms with van der Waals surface area (Å²) in [5, 5.41) is 1.48. The molecule has 10 heavy (non-hydrogen) atoms. The Morgan fingerprint density at radius 3 is 2.30 bits per heavy atom. The molecule has 1 rings (SSSR count). The second kappa shape index (κ2) is 4.02. The molecule has 5 heteroatoms. The van der Waals surface area contributed by atoms with Gasteiger partial charge in [-0.1, -0.05) is 11.0 Å². The number of nitrogens with zero attached hydrogens (tertiary/aromatic N) is 1. The van der Waals surface area contributed by atoms with Gasteiger partial charge in [0, 0.05) is 13.1 Å². The Bertz CT molecular complexity index is 124. The summed E-state index contributed by atoms with van der Waals surface area (Å²) in [6.07, 6.45) is 3.22. The molecular formula is C5H10NO3S. The highest BCUT2D eigenvalue weighted by Crippen LogP contribution is 2.08. The second-order valence-corrected chi connectivity index (χ2v) is 2.83. The topological polar surface area (TPSA) is 49.4 Å². The van der Waals surface area contributed by atoms with Crippen molar-refractivity contribution in [1.29, 1.82) is 0 Å². The van der Waals surface area contributed by atoms with Crippen LogP contribution in [0.1, 0.15) is 19.3 Å². The van der Waals surface area contributed by atoms with Gasteiger partial charge in [-0.05, 0) is 12.8 Å². The predicted octanol–water partition coefficient (Wildman–Crippen LogP) is 0.413. The van der Waals surface area contributed by atoms with Crippen LogP contribution in [-0.2, 0) is 20.2 Å². The molecule has 4 nitrogen and oxygen atoms in total. The molecule has 0 aromatic rings. The number of rotatable bonds is 2. The predicted molar refractivity (Wildman–Crippen MR) is 35.3 cm³/mol. The van der Waals surface area contributed by atoms with Crippen molar-refractivity contribution in [2.45, 2.75) is 19.3 Å². The molecule has 0 aromatic carbocycles. The highest BCUT2D eigenvalue weighted by molar-refractivity contribution is 7.73. The minimum atomic E-state index is -2.39. The van der Waals surface area contributed by atoms with Crippen molar-refractivity contribution in [1.82, 2.24) is 5.06 Å². The van der Waals surface area contributed by atoms with Gasteiger partial charge in [-0.2, -0.15) is 13.6 Å². The third kappa shape index (κ3) is 2.74. The Hall–Kier alpha value is 0.0300. The van der Waals surface area contributed by atoms with Crippen molar-refractivity contribution >= 4 is 11.4 Å². The van der Waals surface area contributed by atoms with E-state index in [0.29, 0.717) is 0 Å². The molecule has 0 spiro atoms. The first kappa shape index (κ1) is 8.13. The molecular weight excluding hydrogens is 154 g/mol. The van der Waals surface area contributed by atoms with Crippen LogP contribution in [0.3, 0.4) is 0 Å². The lowest BCUT2D eigenvalue weighted by Crippen LogP contribution is -2.30. The third-order valence-electron chi connectivity index (χ3n) is 1.48. The monoisotopic (exact) mass is 164 g/mol. The average Bonchev–Trinajstić information content (AvgIpc) is 1.88. The van der Waals surface area contributed by atoms with Gasteiger partial charge in [0.15, 0.2) is 0 Å². The maximum absolute atomic E-state index is 10.0. The minimum Gasteiger partial charge on any atom is -0.193 e. The van der Waals surface area contributed by atoms with E-state index in [4.69, 9.17) is 0 Å². The van der Waals surface area contributed by atoms with Crippen molar-refractivity contribution in [3.05, 3.63) is 0 Å². The summed E-state index contributed by atoms with van der Waals surface area (Å²) in [5.41, 5.74) is 0. The Morgan fingerprint density at radius 1 is 1.20 bits per heavy atom. The summed E-state index contributed by atoms with van der Waals surface area (Å²) in [6, 6.07) is 0. The van der Waals surface area contributed by atoms with Crippen molar-refractivity contribution in [2.75, 3.05) is 13.1 Å². The van der Waals surface area contributed by atoms with Crippen LogP contribution in [0.15, 0.2) is 0 Å². The van der Waals surface area contributed by atoms with E-state index in [1.807, 2.05) is 0 Å².